The third-order valence-corrected chi connectivity index (χ3v) is 4.42. The van der Waals surface area contributed by atoms with Crippen LogP contribution in [0.2, 0.25) is 5.15 Å². The molecule has 1 aliphatic heterocycles. The van der Waals surface area contributed by atoms with E-state index in [2.05, 4.69) is 46.0 Å². The molecule has 0 saturated carbocycles. The van der Waals surface area contributed by atoms with Crippen LogP contribution in [-0.4, -0.2) is 60.0 Å². The molecule has 1 unspecified atom stereocenters. The average molecular weight is 316 g/mol. The molecule has 0 aliphatic carbocycles. The molecule has 0 aromatic carbocycles. The summed E-state index contributed by atoms with van der Waals surface area (Å²) in [4.78, 5) is 14.4. The first-order valence-electron chi connectivity index (χ1n) is 6.79. The molecule has 1 saturated heterocycles. The molecule has 1 N–H and O–H groups in total. The lowest BCUT2D eigenvalue weighted by molar-refractivity contribution is 0.235. The van der Waals surface area contributed by atoms with Crippen LogP contribution in [0.1, 0.15) is 13.8 Å². The molecule has 1 atom stereocenters. The molecule has 0 radical (unpaired) electrons. The predicted molar refractivity (Wildman–Crippen MR) is 85.7 cm³/mol. The van der Waals surface area contributed by atoms with E-state index in [-0.39, 0.29) is 6.17 Å². The molecular formula is C13H22ClN5S. The number of nitrogens with one attached hydrogen (secondary N) is 1. The van der Waals surface area contributed by atoms with Gasteiger partial charge in [-0.25, -0.2) is 4.98 Å². The van der Waals surface area contributed by atoms with Crippen LogP contribution in [0.4, 0.5) is 5.95 Å². The zero-order chi connectivity index (χ0) is 14.7. The van der Waals surface area contributed by atoms with Gasteiger partial charge in [0.2, 0.25) is 5.95 Å². The monoisotopic (exact) mass is 315 g/mol. The lowest BCUT2D eigenvalue weighted by atomic mass is 10.2. The molecule has 1 aromatic rings. The maximum atomic E-state index is 6.20. The van der Waals surface area contributed by atoms with Crippen LogP contribution in [0.25, 0.3) is 0 Å². The third kappa shape index (κ3) is 3.75. The maximum absolute atomic E-state index is 6.20. The van der Waals surface area contributed by atoms with E-state index in [0.717, 1.165) is 24.5 Å². The van der Waals surface area contributed by atoms with Gasteiger partial charge in [-0.1, -0.05) is 11.6 Å². The number of hydrogen-bond donors (Lipinski definition) is 1. The van der Waals surface area contributed by atoms with Gasteiger partial charge in [0.1, 0.15) is 5.15 Å². The maximum Gasteiger partial charge on any atom is 0.228 e. The standard InChI is InChI=1S/C13H22ClN5S/c1-9(2)16-11-8-18(3)5-6-19(11)13-15-7-10(20-4)12(14)17-13/h7,9,11,16H,5-6,8H2,1-4H3. The van der Waals surface area contributed by atoms with Crippen molar-refractivity contribution in [2.45, 2.75) is 31.0 Å². The molecule has 2 rings (SSSR count). The van der Waals surface area contributed by atoms with E-state index in [0.29, 0.717) is 17.1 Å². The van der Waals surface area contributed by atoms with E-state index in [1.165, 1.54) is 0 Å². The van der Waals surface area contributed by atoms with E-state index >= 15 is 0 Å². The van der Waals surface area contributed by atoms with Gasteiger partial charge in [0, 0.05) is 31.9 Å². The first-order chi connectivity index (χ1) is 9.51. The van der Waals surface area contributed by atoms with E-state index in [1.807, 2.05) is 6.26 Å². The third-order valence-electron chi connectivity index (χ3n) is 3.28. The number of anilines is 1. The van der Waals surface area contributed by atoms with E-state index < -0.39 is 0 Å². The van der Waals surface area contributed by atoms with Gasteiger partial charge >= 0.3 is 0 Å². The highest BCUT2D eigenvalue weighted by Gasteiger charge is 2.27. The van der Waals surface area contributed by atoms with Crippen molar-refractivity contribution in [2.75, 3.05) is 37.8 Å². The molecule has 20 heavy (non-hydrogen) atoms. The zero-order valence-corrected chi connectivity index (χ0v) is 14.0. The topological polar surface area (TPSA) is 44.3 Å². The molecule has 0 amide bonds. The van der Waals surface area contributed by atoms with Crippen LogP contribution in [0.3, 0.4) is 0 Å². The van der Waals surface area contributed by atoms with Crippen molar-refractivity contribution in [1.82, 2.24) is 20.2 Å². The number of likely N-dealkylation sites (N-methyl/N-ethyl adjacent to an activating group) is 1. The molecule has 1 fully saturated rings. The Morgan fingerprint density at radius 1 is 1.45 bits per heavy atom. The van der Waals surface area contributed by atoms with Crippen molar-refractivity contribution in [2.24, 2.45) is 0 Å². The summed E-state index contributed by atoms with van der Waals surface area (Å²) in [5.74, 6) is 0.707. The van der Waals surface area contributed by atoms with Crippen molar-refractivity contribution in [3.63, 3.8) is 0 Å². The molecule has 1 aliphatic rings. The Bertz CT molecular complexity index is 454. The second kappa shape index (κ2) is 6.93. The first kappa shape index (κ1) is 15.8. The van der Waals surface area contributed by atoms with Gasteiger partial charge in [-0.3, -0.25) is 5.32 Å². The SMILES string of the molecule is CSc1cnc(N2CCN(C)CC2NC(C)C)nc1Cl. The minimum absolute atomic E-state index is 0.213. The van der Waals surface area contributed by atoms with Crippen LogP contribution in [0.15, 0.2) is 11.1 Å². The van der Waals surface area contributed by atoms with Gasteiger partial charge in [-0.15, -0.1) is 11.8 Å². The Labute approximate surface area is 130 Å². The van der Waals surface area contributed by atoms with Gasteiger partial charge in [0.25, 0.3) is 0 Å². The number of hydrogen-bond acceptors (Lipinski definition) is 6. The summed E-state index contributed by atoms with van der Waals surface area (Å²) < 4.78 is 0. The summed E-state index contributed by atoms with van der Waals surface area (Å²) in [5.41, 5.74) is 0. The smallest absolute Gasteiger partial charge is 0.228 e. The van der Waals surface area contributed by atoms with Crippen molar-refractivity contribution in [1.29, 1.82) is 0 Å². The quantitative estimate of drug-likeness (QED) is 0.676. The van der Waals surface area contributed by atoms with E-state index in [4.69, 9.17) is 11.6 Å². The lowest BCUT2D eigenvalue weighted by Crippen LogP contribution is -2.60. The van der Waals surface area contributed by atoms with Crippen molar-refractivity contribution in [3.8, 4) is 0 Å². The lowest BCUT2D eigenvalue weighted by Gasteiger charge is -2.41. The number of halogens is 1. The van der Waals surface area contributed by atoms with E-state index in [9.17, 15) is 0 Å². The normalized spacial score (nSPS) is 20.7. The minimum Gasteiger partial charge on any atom is -0.323 e. The molecule has 7 heteroatoms. The number of thioether (sulfide) groups is 1. The highest BCUT2D eigenvalue weighted by atomic mass is 35.5. The molecule has 112 valence electrons. The van der Waals surface area contributed by atoms with Crippen LogP contribution in [0.5, 0.6) is 0 Å². The Hall–Kier alpha value is -0.560. The predicted octanol–water partition coefficient (Wildman–Crippen LogP) is 1.93. The Kier molecular flexibility index (Phi) is 5.49. The molecule has 5 nitrogen and oxygen atoms in total. The summed E-state index contributed by atoms with van der Waals surface area (Å²) >= 11 is 7.76. The van der Waals surface area contributed by atoms with Crippen molar-refractivity contribution >= 4 is 29.3 Å². The Morgan fingerprint density at radius 3 is 2.80 bits per heavy atom. The fraction of sp³-hybridized carbons (Fsp3) is 0.692. The van der Waals surface area contributed by atoms with E-state index in [1.54, 1.807) is 18.0 Å². The molecular weight excluding hydrogens is 294 g/mol. The summed E-state index contributed by atoms with van der Waals surface area (Å²) in [6.07, 6.45) is 3.99. The van der Waals surface area contributed by atoms with Gasteiger partial charge in [-0.05, 0) is 27.2 Å². The highest BCUT2D eigenvalue weighted by Crippen LogP contribution is 2.25. The molecule has 0 bridgehead atoms. The molecule has 1 aromatic heterocycles. The summed E-state index contributed by atoms with van der Waals surface area (Å²) in [5, 5.41) is 4.10. The summed E-state index contributed by atoms with van der Waals surface area (Å²) in [6.45, 7) is 7.15. The largest absolute Gasteiger partial charge is 0.323 e. The second-order valence-corrected chi connectivity index (χ2v) is 6.53. The number of aromatic nitrogens is 2. The van der Waals surface area contributed by atoms with Crippen molar-refractivity contribution in [3.05, 3.63) is 11.3 Å². The van der Waals surface area contributed by atoms with Gasteiger partial charge in [-0.2, -0.15) is 4.98 Å². The van der Waals surface area contributed by atoms with Crippen LogP contribution < -0.4 is 10.2 Å². The number of rotatable bonds is 4. The van der Waals surface area contributed by atoms with Crippen molar-refractivity contribution < 1.29 is 0 Å². The fourth-order valence-corrected chi connectivity index (χ4v) is 3.03. The second-order valence-electron chi connectivity index (χ2n) is 5.32. The zero-order valence-electron chi connectivity index (χ0n) is 12.4. The number of nitrogens with zero attached hydrogens (tertiary/aromatic N) is 4. The first-order valence-corrected chi connectivity index (χ1v) is 8.39. The van der Waals surface area contributed by atoms with Gasteiger partial charge < -0.3 is 9.80 Å². The molecule has 2 heterocycles. The highest BCUT2D eigenvalue weighted by molar-refractivity contribution is 7.98. The molecule has 0 spiro atoms. The summed E-state index contributed by atoms with van der Waals surface area (Å²) in [7, 11) is 2.14. The Morgan fingerprint density at radius 2 is 2.20 bits per heavy atom. The van der Waals surface area contributed by atoms with Gasteiger partial charge in [0.15, 0.2) is 0 Å². The Balaban J connectivity index is 2.21. The fourth-order valence-electron chi connectivity index (χ4n) is 2.30. The number of piperazine rings is 1. The summed E-state index contributed by atoms with van der Waals surface area (Å²) in [6, 6.07) is 0.412. The minimum atomic E-state index is 0.213. The van der Waals surface area contributed by atoms with Crippen LogP contribution in [0, 0.1) is 0 Å². The van der Waals surface area contributed by atoms with Crippen LogP contribution >= 0.6 is 23.4 Å². The van der Waals surface area contributed by atoms with Gasteiger partial charge in [0.05, 0.1) is 11.1 Å². The average Bonchev–Trinajstić information content (AvgIpc) is 2.38. The van der Waals surface area contributed by atoms with Crippen LogP contribution in [-0.2, 0) is 0 Å².